The van der Waals surface area contributed by atoms with Crippen molar-refractivity contribution in [2.45, 2.75) is 6.61 Å². The number of carbonyl (C=O) groups excluding carboxylic acids is 1. The highest BCUT2D eigenvalue weighted by Gasteiger charge is 2.12. The number of benzene rings is 3. The van der Waals surface area contributed by atoms with Gasteiger partial charge < -0.3 is 23.7 Å². The van der Waals surface area contributed by atoms with Crippen molar-refractivity contribution in [1.82, 2.24) is 0 Å². The summed E-state index contributed by atoms with van der Waals surface area (Å²) in [6.45, 7) is 0.0848. The van der Waals surface area contributed by atoms with Crippen molar-refractivity contribution in [3.63, 3.8) is 0 Å². The van der Waals surface area contributed by atoms with Crippen molar-refractivity contribution in [3.8, 4) is 28.7 Å². The van der Waals surface area contributed by atoms with Gasteiger partial charge in [-0.2, -0.15) is 0 Å². The molecule has 0 saturated carbocycles. The zero-order valence-electron chi connectivity index (χ0n) is 17.7. The van der Waals surface area contributed by atoms with Crippen LogP contribution in [0.1, 0.15) is 11.1 Å². The Morgan fingerprint density at radius 2 is 1.45 bits per heavy atom. The molecule has 31 heavy (non-hydrogen) atoms. The van der Waals surface area contributed by atoms with Crippen LogP contribution >= 0.6 is 0 Å². The Hall–Kier alpha value is -3.93. The van der Waals surface area contributed by atoms with Gasteiger partial charge in [-0.3, -0.25) is 0 Å². The van der Waals surface area contributed by atoms with E-state index in [4.69, 9.17) is 23.7 Å². The number of para-hydroxylation sites is 2. The van der Waals surface area contributed by atoms with Crippen LogP contribution in [0.3, 0.4) is 0 Å². The quantitative estimate of drug-likeness (QED) is 0.348. The Bertz CT molecular complexity index is 1020. The van der Waals surface area contributed by atoms with Gasteiger partial charge in [-0.25, -0.2) is 4.79 Å². The predicted molar refractivity (Wildman–Crippen MR) is 118 cm³/mol. The third-order valence-corrected chi connectivity index (χ3v) is 4.41. The lowest BCUT2D eigenvalue weighted by molar-refractivity contribution is -0.138. The Labute approximate surface area is 181 Å². The molecule has 0 aliphatic carbocycles. The summed E-state index contributed by atoms with van der Waals surface area (Å²) in [7, 11) is 4.61. The SMILES string of the molecule is COc1cc(/C=C/C(=O)OCc2ccccc2Oc2ccccc2)cc(OC)c1OC. The van der Waals surface area contributed by atoms with Crippen molar-refractivity contribution < 1.29 is 28.5 Å². The summed E-state index contributed by atoms with van der Waals surface area (Å²) in [4.78, 5) is 12.3. The first kappa shape index (κ1) is 21.8. The topological polar surface area (TPSA) is 63.2 Å². The molecule has 0 N–H and O–H groups in total. The fourth-order valence-electron chi connectivity index (χ4n) is 2.90. The zero-order chi connectivity index (χ0) is 22.1. The molecule has 160 valence electrons. The summed E-state index contributed by atoms with van der Waals surface area (Å²) in [6, 6.07) is 20.4. The highest BCUT2D eigenvalue weighted by atomic mass is 16.5. The van der Waals surface area contributed by atoms with Crippen LogP contribution in [0.2, 0.25) is 0 Å². The molecule has 0 aliphatic heterocycles. The number of rotatable bonds is 9. The third kappa shape index (κ3) is 5.79. The van der Waals surface area contributed by atoms with E-state index in [9.17, 15) is 4.79 Å². The molecular weight excluding hydrogens is 396 g/mol. The van der Waals surface area contributed by atoms with Crippen molar-refractivity contribution >= 4 is 12.0 Å². The van der Waals surface area contributed by atoms with Crippen LogP contribution in [0, 0.1) is 0 Å². The second-order valence-electron chi connectivity index (χ2n) is 6.42. The fraction of sp³-hybridized carbons (Fsp3) is 0.160. The lowest BCUT2D eigenvalue weighted by Crippen LogP contribution is -2.02. The maximum atomic E-state index is 12.3. The number of hydrogen-bond acceptors (Lipinski definition) is 6. The average Bonchev–Trinajstić information content (AvgIpc) is 2.82. The molecule has 3 aromatic rings. The smallest absolute Gasteiger partial charge is 0.331 e. The predicted octanol–water partition coefficient (Wildman–Crippen LogP) is 5.26. The lowest BCUT2D eigenvalue weighted by atomic mass is 10.1. The van der Waals surface area contributed by atoms with E-state index < -0.39 is 5.97 Å². The van der Waals surface area contributed by atoms with Crippen molar-refractivity contribution in [2.75, 3.05) is 21.3 Å². The molecule has 0 aliphatic rings. The molecule has 3 rings (SSSR count). The van der Waals surface area contributed by atoms with E-state index >= 15 is 0 Å². The number of hydrogen-bond donors (Lipinski definition) is 0. The van der Waals surface area contributed by atoms with E-state index in [2.05, 4.69) is 0 Å². The maximum absolute atomic E-state index is 12.3. The summed E-state index contributed by atoms with van der Waals surface area (Å²) in [5.74, 6) is 2.35. The van der Waals surface area contributed by atoms with E-state index in [1.165, 1.54) is 27.4 Å². The van der Waals surface area contributed by atoms with Crippen LogP contribution in [-0.2, 0) is 16.1 Å². The van der Waals surface area contributed by atoms with Gasteiger partial charge in [0.2, 0.25) is 5.75 Å². The molecule has 3 aromatic carbocycles. The molecule has 0 saturated heterocycles. The summed E-state index contributed by atoms with van der Waals surface area (Å²) in [5.41, 5.74) is 1.47. The summed E-state index contributed by atoms with van der Waals surface area (Å²) < 4.78 is 27.2. The minimum atomic E-state index is -0.483. The number of carbonyl (C=O) groups is 1. The average molecular weight is 420 g/mol. The molecule has 0 amide bonds. The van der Waals surface area contributed by atoms with E-state index in [-0.39, 0.29) is 6.61 Å². The van der Waals surface area contributed by atoms with Crippen molar-refractivity contribution in [1.29, 1.82) is 0 Å². The highest BCUT2D eigenvalue weighted by molar-refractivity contribution is 5.87. The van der Waals surface area contributed by atoms with E-state index in [0.29, 0.717) is 34.3 Å². The summed E-state index contributed by atoms with van der Waals surface area (Å²) >= 11 is 0. The Morgan fingerprint density at radius 1 is 0.806 bits per heavy atom. The number of methoxy groups -OCH3 is 3. The minimum Gasteiger partial charge on any atom is -0.493 e. The Morgan fingerprint density at radius 3 is 2.10 bits per heavy atom. The molecular formula is C25H24O6. The fourth-order valence-corrected chi connectivity index (χ4v) is 2.90. The van der Waals surface area contributed by atoms with Gasteiger partial charge in [-0.05, 0) is 42.0 Å². The van der Waals surface area contributed by atoms with Crippen LogP contribution in [0.4, 0.5) is 0 Å². The van der Waals surface area contributed by atoms with Gasteiger partial charge in [0.25, 0.3) is 0 Å². The van der Waals surface area contributed by atoms with E-state index in [1.807, 2.05) is 54.6 Å². The van der Waals surface area contributed by atoms with Gasteiger partial charge in [-0.15, -0.1) is 0 Å². The molecule has 0 radical (unpaired) electrons. The molecule has 0 heterocycles. The number of esters is 1. The molecule has 0 unspecified atom stereocenters. The highest BCUT2D eigenvalue weighted by Crippen LogP contribution is 2.38. The van der Waals surface area contributed by atoms with Gasteiger partial charge >= 0.3 is 5.97 Å². The van der Waals surface area contributed by atoms with Gasteiger partial charge in [0, 0.05) is 11.6 Å². The first-order chi connectivity index (χ1) is 15.1. The second-order valence-corrected chi connectivity index (χ2v) is 6.42. The van der Waals surface area contributed by atoms with E-state index in [1.54, 1.807) is 18.2 Å². The zero-order valence-corrected chi connectivity index (χ0v) is 17.7. The third-order valence-electron chi connectivity index (χ3n) is 4.41. The minimum absolute atomic E-state index is 0.0848. The molecule has 0 bridgehead atoms. The van der Waals surface area contributed by atoms with Gasteiger partial charge in [-0.1, -0.05) is 36.4 Å². The van der Waals surface area contributed by atoms with Gasteiger partial charge in [0.1, 0.15) is 18.1 Å². The molecule has 0 aromatic heterocycles. The monoisotopic (exact) mass is 420 g/mol. The second kappa shape index (κ2) is 10.7. The van der Waals surface area contributed by atoms with Gasteiger partial charge in [0.15, 0.2) is 11.5 Å². The van der Waals surface area contributed by atoms with Crippen molar-refractivity contribution in [2.24, 2.45) is 0 Å². The van der Waals surface area contributed by atoms with Crippen LogP contribution in [-0.4, -0.2) is 27.3 Å². The number of ether oxygens (including phenoxy) is 5. The lowest BCUT2D eigenvalue weighted by Gasteiger charge is -2.13. The van der Waals surface area contributed by atoms with Gasteiger partial charge in [0.05, 0.1) is 21.3 Å². The Balaban J connectivity index is 1.67. The molecule has 6 heteroatoms. The molecule has 0 atom stereocenters. The summed E-state index contributed by atoms with van der Waals surface area (Å²) in [6.07, 6.45) is 2.97. The standard InChI is InChI=1S/C25H24O6/c1-27-22-15-18(16-23(28-2)25(22)29-3)13-14-24(26)30-17-19-9-7-8-12-21(19)31-20-10-5-4-6-11-20/h4-16H,17H2,1-3H3/b14-13+. The first-order valence-corrected chi connectivity index (χ1v) is 9.60. The van der Waals surface area contributed by atoms with Crippen LogP contribution in [0.15, 0.2) is 72.8 Å². The van der Waals surface area contributed by atoms with Crippen LogP contribution in [0.25, 0.3) is 6.08 Å². The normalized spacial score (nSPS) is 10.5. The van der Waals surface area contributed by atoms with Crippen molar-refractivity contribution in [3.05, 3.63) is 83.9 Å². The van der Waals surface area contributed by atoms with Crippen LogP contribution < -0.4 is 18.9 Å². The summed E-state index contributed by atoms with van der Waals surface area (Å²) in [5, 5.41) is 0. The first-order valence-electron chi connectivity index (χ1n) is 9.60. The molecule has 0 spiro atoms. The Kier molecular flexibility index (Phi) is 7.54. The molecule has 6 nitrogen and oxygen atoms in total. The molecule has 0 fully saturated rings. The largest absolute Gasteiger partial charge is 0.493 e. The van der Waals surface area contributed by atoms with E-state index in [0.717, 1.165) is 5.56 Å². The maximum Gasteiger partial charge on any atom is 0.331 e. The van der Waals surface area contributed by atoms with Crippen LogP contribution in [0.5, 0.6) is 28.7 Å².